The molecule has 0 aliphatic carbocycles. The zero-order valence-electron chi connectivity index (χ0n) is 11.3. The fourth-order valence-corrected chi connectivity index (χ4v) is 2.41. The Hall–Kier alpha value is -1.88. The summed E-state index contributed by atoms with van der Waals surface area (Å²) in [6.45, 7) is 3.67. The summed E-state index contributed by atoms with van der Waals surface area (Å²) >= 11 is 0. The van der Waals surface area contributed by atoms with Crippen LogP contribution in [0, 0.1) is 12.8 Å². The van der Waals surface area contributed by atoms with Crippen LogP contribution in [0.4, 0.5) is 0 Å². The molecule has 2 N–H and O–H groups in total. The quantitative estimate of drug-likeness (QED) is 0.866. The number of aliphatic carboxylic acids is 1. The van der Waals surface area contributed by atoms with Gasteiger partial charge in [-0.05, 0) is 31.2 Å². The SMILES string of the molecule is CCC(C(=O)O)C(NC)c1ccc2oc(C)nc2c1. The molecule has 2 rings (SSSR count). The maximum atomic E-state index is 11.3. The van der Waals surface area contributed by atoms with Crippen LogP contribution in [0.25, 0.3) is 11.1 Å². The van der Waals surface area contributed by atoms with Crippen molar-refractivity contribution in [3.05, 3.63) is 29.7 Å². The number of rotatable bonds is 5. The maximum Gasteiger partial charge on any atom is 0.308 e. The lowest BCUT2D eigenvalue weighted by Crippen LogP contribution is -2.30. The van der Waals surface area contributed by atoms with Crippen molar-refractivity contribution in [2.45, 2.75) is 26.3 Å². The molecule has 1 aromatic carbocycles. The molecule has 0 fully saturated rings. The predicted octanol–water partition coefficient (Wildman–Crippen LogP) is 2.51. The number of fused-ring (bicyclic) bond motifs is 1. The molecule has 2 unspecified atom stereocenters. The molecule has 5 heteroatoms. The summed E-state index contributed by atoms with van der Waals surface area (Å²) in [5.74, 6) is -0.646. The first-order valence-electron chi connectivity index (χ1n) is 6.34. The Balaban J connectivity index is 2.42. The molecule has 0 aliphatic heterocycles. The highest BCUT2D eigenvalue weighted by molar-refractivity contribution is 5.75. The van der Waals surface area contributed by atoms with Gasteiger partial charge in [-0.15, -0.1) is 0 Å². The first-order valence-corrected chi connectivity index (χ1v) is 6.34. The van der Waals surface area contributed by atoms with Crippen molar-refractivity contribution in [3.8, 4) is 0 Å². The van der Waals surface area contributed by atoms with E-state index in [2.05, 4.69) is 10.3 Å². The molecular weight excluding hydrogens is 244 g/mol. The number of benzene rings is 1. The maximum absolute atomic E-state index is 11.3. The second-order valence-corrected chi connectivity index (χ2v) is 4.58. The number of nitrogens with one attached hydrogen (secondary N) is 1. The van der Waals surface area contributed by atoms with E-state index in [4.69, 9.17) is 4.42 Å². The Morgan fingerprint density at radius 2 is 2.26 bits per heavy atom. The molecular formula is C14H18N2O3. The fourth-order valence-electron chi connectivity index (χ4n) is 2.41. The average molecular weight is 262 g/mol. The lowest BCUT2D eigenvalue weighted by atomic mass is 9.91. The molecule has 0 amide bonds. The highest BCUT2D eigenvalue weighted by Crippen LogP contribution is 2.27. The summed E-state index contributed by atoms with van der Waals surface area (Å²) in [6.07, 6.45) is 0.566. The van der Waals surface area contributed by atoms with E-state index in [-0.39, 0.29) is 6.04 Å². The third-order valence-electron chi connectivity index (χ3n) is 3.35. The van der Waals surface area contributed by atoms with E-state index in [1.807, 2.05) is 25.1 Å². The van der Waals surface area contributed by atoms with Crippen LogP contribution in [-0.2, 0) is 4.79 Å². The zero-order valence-corrected chi connectivity index (χ0v) is 11.3. The monoisotopic (exact) mass is 262 g/mol. The fraction of sp³-hybridized carbons (Fsp3) is 0.429. The number of nitrogens with zero attached hydrogens (tertiary/aromatic N) is 1. The highest BCUT2D eigenvalue weighted by Gasteiger charge is 2.27. The molecule has 0 aliphatic rings. The van der Waals surface area contributed by atoms with Crippen LogP contribution in [0.15, 0.2) is 22.6 Å². The van der Waals surface area contributed by atoms with Crippen molar-refractivity contribution in [1.82, 2.24) is 10.3 Å². The molecule has 0 radical (unpaired) electrons. The van der Waals surface area contributed by atoms with Gasteiger partial charge in [-0.25, -0.2) is 4.98 Å². The molecule has 5 nitrogen and oxygen atoms in total. The molecule has 19 heavy (non-hydrogen) atoms. The number of hydrogen-bond acceptors (Lipinski definition) is 4. The van der Waals surface area contributed by atoms with Gasteiger partial charge < -0.3 is 14.8 Å². The van der Waals surface area contributed by atoms with Gasteiger partial charge >= 0.3 is 5.97 Å². The van der Waals surface area contributed by atoms with Crippen molar-refractivity contribution in [1.29, 1.82) is 0 Å². The molecule has 0 saturated carbocycles. The van der Waals surface area contributed by atoms with Crippen molar-refractivity contribution in [3.63, 3.8) is 0 Å². The van der Waals surface area contributed by atoms with Crippen molar-refractivity contribution < 1.29 is 14.3 Å². The molecule has 2 atom stereocenters. The van der Waals surface area contributed by atoms with E-state index in [1.165, 1.54) is 0 Å². The van der Waals surface area contributed by atoms with E-state index >= 15 is 0 Å². The predicted molar refractivity (Wildman–Crippen MR) is 72.0 cm³/mol. The Labute approximate surface area is 111 Å². The van der Waals surface area contributed by atoms with E-state index in [9.17, 15) is 9.90 Å². The Bertz CT molecular complexity index is 591. The van der Waals surface area contributed by atoms with Gasteiger partial charge in [0.1, 0.15) is 5.52 Å². The van der Waals surface area contributed by atoms with E-state index in [0.29, 0.717) is 12.3 Å². The van der Waals surface area contributed by atoms with Crippen molar-refractivity contribution in [2.24, 2.45) is 5.92 Å². The minimum absolute atomic E-state index is 0.232. The van der Waals surface area contributed by atoms with Crippen LogP contribution in [0.1, 0.15) is 30.8 Å². The number of aryl methyl sites for hydroxylation is 1. The lowest BCUT2D eigenvalue weighted by molar-refractivity contribution is -0.143. The van der Waals surface area contributed by atoms with Gasteiger partial charge in [0.15, 0.2) is 11.5 Å². The minimum atomic E-state index is -0.793. The summed E-state index contributed by atoms with van der Waals surface area (Å²) in [4.78, 5) is 15.6. The second kappa shape index (κ2) is 5.40. The van der Waals surface area contributed by atoms with Gasteiger partial charge in [0.05, 0.1) is 5.92 Å². The van der Waals surface area contributed by atoms with Gasteiger partial charge in [0.2, 0.25) is 0 Å². The first-order chi connectivity index (χ1) is 9.06. The van der Waals surface area contributed by atoms with Crippen molar-refractivity contribution in [2.75, 3.05) is 7.05 Å². The van der Waals surface area contributed by atoms with Gasteiger partial charge in [-0.2, -0.15) is 0 Å². The van der Waals surface area contributed by atoms with E-state index in [1.54, 1.807) is 14.0 Å². The van der Waals surface area contributed by atoms with E-state index in [0.717, 1.165) is 16.7 Å². The van der Waals surface area contributed by atoms with Crippen LogP contribution < -0.4 is 5.32 Å². The van der Waals surface area contributed by atoms with Crippen LogP contribution >= 0.6 is 0 Å². The number of carbonyl (C=O) groups is 1. The van der Waals surface area contributed by atoms with E-state index < -0.39 is 11.9 Å². The molecule has 0 spiro atoms. The van der Waals surface area contributed by atoms with Crippen LogP contribution in [0.5, 0.6) is 0 Å². The Kier molecular flexibility index (Phi) is 3.85. The number of hydrogen-bond donors (Lipinski definition) is 2. The van der Waals surface area contributed by atoms with Gasteiger partial charge in [-0.1, -0.05) is 13.0 Å². The standard InChI is InChI=1S/C14H18N2O3/c1-4-10(14(17)18)13(15-3)9-5-6-12-11(7-9)16-8(2)19-12/h5-7,10,13,15H,4H2,1-3H3,(H,17,18). The molecule has 102 valence electrons. The first kappa shape index (κ1) is 13.5. The molecule has 0 bridgehead atoms. The largest absolute Gasteiger partial charge is 0.481 e. The molecule has 1 heterocycles. The third kappa shape index (κ3) is 2.61. The molecule has 0 saturated heterocycles. The zero-order chi connectivity index (χ0) is 14.0. The second-order valence-electron chi connectivity index (χ2n) is 4.58. The lowest BCUT2D eigenvalue weighted by Gasteiger charge is -2.22. The average Bonchev–Trinajstić information content (AvgIpc) is 2.74. The van der Waals surface area contributed by atoms with Gasteiger partial charge in [0, 0.05) is 13.0 Å². The molecule has 1 aromatic heterocycles. The number of carboxylic acid groups (broad SMARTS) is 1. The minimum Gasteiger partial charge on any atom is -0.481 e. The topological polar surface area (TPSA) is 75.4 Å². The summed E-state index contributed by atoms with van der Waals surface area (Å²) < 4.78 is 5.42. The molecule has 2 aromatic rings. The van der Waals surface area contributed by atoms with Gasteiger partial charge in [-0.3, -0.25) is 4.79 Å². The van der Waals surface area contributed by atoms with Crippen molar-refractivity contribution >= 4 is 17.1 Å². The number of carboxylic acids is 1. The number of oxazole rings is 1. The van der Waals surface area contributed by atoms with Gasteiger partial charge in [0.25, 0.3) is 0 Å². The third-order valence-corrected chi connectivity index (χ3v) is 3.35. The Morgan fingerprint density at radius 1 is 1.53 bits per heavy atom. The summed E-state index contributed by atoms with van der Waals surface area (Å²) in [6, 6.07) is 5.38. The summed E-state index contributed by atoms with van der Waals surface area (Å²) in [5.41, 5.74) is 2.40. The summed E-state index contributed by atoms with van der Waals surface area (Å²) in [7, 11) is 1.77. The normalized spacial score (nSPS) is 14.5. The van der Waals surface area contributed by atoms with Crippen LogP contribution in [0.3, 0.4) is 0 Å². The number of aromatic nitrogens is 1. The van der Waals surface area contributed by atoms with Crippen LogP contribution in [-0.4, -0.2) is 23.1 Å². The Morgan fingerprint density at radius 3 is 2.84 bits per heavy atom. The highest BCUT2D eigenvalue weighted by atomic mass is 16.4. The van der Waals surface area contributed by atoms with Crippen LogP contribution in [0.2, 0.25) is 0 Å². The summed E-state index contributed by atoms with van der Waals surface area (Å²) in [5, 5.41) is 12.4. The smallest absolute Gasteiger partial charge is 0.308 e.